The molecule has 1 N–H and O–H groups in total. The third-order valence-electron chi connectivity index (χ3n) is 7.60. The van der Waals surface area contributed by atoms with Crippen molar-refractivity contribution in [2.24, 2.45) is 0 Å². The highest BCUT2D eigenvalue weighted by molar-refractivity contribution is 6.30. The fourth-order valence-corrected chi connectivity index (χ4v) is 5.46. The minimum atomic E-state index is -0.227. The van der Waals surface area contributed by atoms with Gasteiger partial charge in [0, 0.05) is 16.1 Å². The molecule has 41 heavy (non-hydrogen) atoms. The van der Waals surface area contributed by atoms with Crippen LogP contribution in [0.4, 0.5) is 5.69 Å². The van der Waals surface area contributed by atoms with Crippen molar-refractivity contribution in [3.05, 3.63) is 136 Å². The zero-order chi connectivity index (χ0) is 28.2. The maximum atomic E-state index is 13.5. The number of halogens is 1. The lowest BCUT2D eigenvalue weighted by Gasteiger charge is -2.32. The number of fused-ring (bicyclic) bond motifs is 1. The molecular weight excluding hydrogens is 534 g/mol. The number of ether oxygens (including phenoxy) is 1. The van der Waals surface area contributed by atoms with E-state index in [9.17, 15) is 9.59 Å². The monoisotopic (exact) mass is 564 g/mol. The molecule has 0 bridgehead atoms. The summed E-state index contributed by atoms with van der Waals surface area (Å²) in [5.41, 5.74) is 4.43. The molecule has 0 spiro atoms. The third kappa shape index (κ3) is 6.19. The number of para-hydroxylation sites is 2. The van der Waals surface area contributed by atoms with E-state index in [0.717, 1.165) is 49.5 Å². The second kappa shape index (κ2) is 12.0. The summed E-state index contributed by atoms with van der Waals surface area (Å²) < 4.78 is 6.03. The van der Waals surface area contributed by atoms with Gasteiger partial charge in [-0.05, 0) is 53.6 Å². The molecule has 206 valence electrons. The molecule has 2 heterocycles. The maximum Gasteiger partial charge on any atom is 0.294 e. The average Bonchev–Trinajstić information content (AvgIpc) is 3.01. The summed E-state index contributed by atoms with van der Waals surface area (Å²) in [6, 6.07) is 32.8. The van der Waals surface area contributed by atoms with Crippen molar-refractivity contribution in [2.75, 3.05) is 31.1 Å². The fourth-order valence-electron chi connectivity index (χ4n) is 5.33. The van der Waals surface area contributed by atoms with Crippen LogP contribution in [0, 0.1) is 0 Å². The van der Waals surface area contributed by atoms with Crippen LogP contribution in [-0.2, 0) is 17.9 Å². The quantitative estimate of drug-likeness (QED) is 0.341. The summed E-state index contributed by atoms with van der Waals surface area (Å²) in [7, 11) is 0. The predicted molar refractivity (Wildman–Crippen MR) is 161 cm³/mol. The highest BCUT2D eigenvalue weighted by atomic mass is 35.5. The molecule has 0 aromatic heterocycles. The molecule has 4 aromatic carbocycles. The Labute approximate surface area is 245 Å². The smallest absolute Gasteiger partial charge is 0.294 e. The van der Waals surface area contributed by atoms with E-state index in [0.29, 0.717) is 22.9 Å². The van der Waals surface area contributed by atoms with Crippen molar-refractivity contribution in [1.29, 1.82) is 0 Å². The van der Waals surface area contributed by atoms with Gasteiger partial charge in [0.2, 0.25) is 0 Å². The number of carbonyl (C=O) groups is 2. The minimum Gasteiger partial charge on any atom is -0.449 e. The van der Waals surface area contributed by atoms with Crippen LogP contribution in [0.3, 0.4) is 0 Å². The highest BCUT2D eigenvalue weighted by Crippen LogP contribution is 2.36. The second-order valence-electron chi connectivity index (χ2n) is 10.4. The Morgan fingerprint density at radius 2 is 1.51 bits per heavy atom. The van der Waals surface area contributed by atoms with Gasteiger partial charge in [-0.3, -0.25) is 14.5 Å². The van der Waals surface area contributed by atoms with E-state index in [-0.39, 0.29) is 17.6 Å². The molecule has 2 aliphatic rings. The zero-order valence-electron chi connectivity index (χ0n) is 22.6. The van der Waals surface area contributed by atoms with Crippen LogP contribution in [0.15, 0.2) is 109 Å². The second-order valence-corrected chi connectivity index (χ2v) is 10.9. The van der Waals surface area contributed by atoms with Gasteiger partial charge in [-0.2, -0.15) is 0 Å². The number of benzene rings is 4. The van der Waals surface area contributed by atoms with Crippen molar-refractivity contribution in [3.63, 3.8) is 0 Å². The number of hydrogen-bond acceptors (Lipinski definition) is 3. The van der Waals surface area contributed by atoms with E-state index in [1.165, 1.54) is 10.5 Å². The van der Waals surface area contributed by atoms with Gasteiger partial charge in [0.25, 0.3) is 11.8 Å². The number of rotatable bonds is 6. The van der Waals surface area contributed by atoms with Crippen LogP contribution in [0.2, 0.25) is 5.02 Å². The molecule has 6 rings (SSSR count). The van der Waals surface area contributed by atoms with E-state index in [4.69, 9.17) is 16.3 Å². The van der Waals surface area contributed by atoms with Crippen LogP contribution >= 0.6 is 11.6 Å². The first-order chi connectivity index (χ1) is 20.0. The van der Waals surface area contributed by atoms with Crippen molar-refractivity contribution in [2.45, 2.75) is 13.1 Å². The van der Waals surface area contributed by atoms with Gasteiger partial charge in [-0.15, -0.1) is 0 Å². The van der Waals surface area contributed by atoms with Crippen molar-refractivity contribution in [1.82, 2.24) is 4.90 Å². The molecular formula is C34H31ClN3O3+. The van der Waals surface area contributed by atoms with Crippen LogP contribution in [0.25, 0.3) is 6.08 Å². The number of anilines is 1. The van der Waals surface area contributed by atoms with Gasteiger partial charge in [0.15, 0.2) is 11.5 Å². The summed E-state index contributed by atoms with van der Waals surface area (Å²) in [4.78, 5) is 31.9. The highest BCUT2D eigenvalue weighted by Gasteiger charge is 2.30. The van der Waals surface area contributed by atoms with Gasteiger partial charge in [0.05, 0.1) is 38.4 Å². The van der Waals surface area contributed by atoms with Crippen LogP contribution in [0.5, 0.6) is 5.75 Å². The van der Waals surface area contributed by atoms with E-state index >= 15 is 0 Å². The number of piperazine rings is 1. The summed E-state index contributed by atoms with van der Waals surface area (Å²) >= 11 is 6.05. The molecule has 0 atom stereocenters. The maximum absolute atomic E-state index is 13.5. The first-order valence-corrected chi connectivity index (χ1v) is 14.2. The van der Waals surface area contributed by atoms with Crippen molar-refractivity contribution >= 4 is 35.2 Å². The molecule has 7 heteroatoms. The number of nitrogens with zero attached hydrogens (tertiary/aromatic N) is 2. The summed E-state index contributed by atoms with van der Waals surface area (Å²) in [6.07, 6.45) is 1.73. The molecule has 0 saturated carbocycles. The van der Waals surface area contributed by atoms with Gasteiger partial charge >= 0.3 is 0 Å². The standard InChI is InChI=1S/C34H30ClN3O3/c35-29-16-12-27(13-17-29)24-38-30-8-4-5-9-31(30)41-32(34(38)40)22-25-10-14-28(15-11-25)33(39)37-20-18-36(19-21-37)23-26-6-2-1-3-7-26/h1-17,22H,18-21,23-24H2/p+1. The molecule has 2 aliphatic heterocycles. The minimum absolute atomic E-state index is 0.0380. The molecule has 2 amide bonds. The average molecular weight is 565 g/mol. The normalized spacial score (nSPS) is 16.4. The number of quaternary nitrogens is 1. The lowest BCUT2D eigenvalue weighted by atomic mass is 10.1. The first kappa shape index (κ1) is 26.8. The molecule has 4 aromatic rings. The Kier molecular flexibility index (Phi) is 7.85. The summed E-state index contributed by atoms with van der Waals surface area (Å²) in [5, 5.41) is 0.649. The Morgan fingerprint density at radius 1 is 0.829 bits per heavy atom. The first-order valence-electron chi connectivity index (χ1n) is 13.9. The lowest BCUT2D eigenvalue weighted by molar-refractivity contribution is -0.917. The lowest BCUT2D eigenvalue weighted by Crippen LogP contribution is -3.13. The summed E-state index contributed by atoms with van der Waals surface area (Å²) in [5.74, 6) is 0.660. The van der Waals surface area contributed by atoms with Crippen molar-refractivity contribution in [3.8, 4) is 5.75 Å². The third-order valence-corrected chi connectivity index (χ3v) is 7.85. The van der Waals surface area contributed by atoms with Crippen LogP contribution in [-0.4, -0.2) is 42.9 Å². The number of carbonyl (C=O) groups excluding carboxylic acids is 2. The number of amides is 2. The van der Waals surface area contributed by atoms with Crippen molar-refractivity contribution < 1.29 is 19.2 Å². The Bertz CT molecular complexity index is 1560. The van der Waals surface area contributed by atoms with E-state index in [2.05, 4.69) is 24.3 Å². The predicted octanol–water partition coefficient (Wildman–Crippen LogP) is 4.85. The van der Waals surface area contributed by atoms with Crippen LogP contribution in [0.1, 0.15) is 27.0 Å². The van der Waals surface area contributed by atoms with Gasteiger partial charge in [0.1, 0.15) is 6.54 Å². The number of nitrogens with one attached hydrogen (secondary N) is 1. The van der Waals surface area contributed by atoms with E-state index in [1.807, 2.05) is 83.8 Å². The molecule has 0 unspecified atom stereocenters. The molecule has 0 radical (unpaired) electrons. The van der Waals surface area contributed by atoms with E-state index < -0.39 is 0 Å². The Morgan fingerprint density at radius 3 is 2.24 bits per heavy atom. The van der Waals surface area contributed by atoms with Gasteiger partial charge in [-0.1, -0.05) is 78.3 Å². The zero-order valence-corrected chi connectivity index (χ0v) is 23.4. The Hall–Kier alpha value is -4.39. The van der Waals surface area contributed by atoms with E-state index in [1.54, 1.807) is 11.0 Å². The molecule has 1 saturated heterocycles. The topological polar surface area (TPSA) is 54.3 Å². The van der Waals surface area contributed by atoms with Crippen LogP contribution < -0.4 is 14.5 Å². The number of hydrogen-bond donors (Lipinski definition) is 1. The Balaban J connectivity index is 1.13. The van der Waals surface area contributed by atoms with Gasteiger partial charge < -0.3 is 14.5 Å². The molecule has 1 fully saturated rings. The van der Waals surface area contributed by atoms with Gasteiger partial charge in [-0.25, -0.2) is 0 Å². The largest absolute Gasteiger partial charge is 0.449 e. The molecule has 6 nitrogen and oxygen atoms in total. The summed E-state index contributed by atoms with van der Waals surface area (Å²) in [6.45, 7) is 4.70. The fraction of sp³-hybridized carbons (Fsp3) is 0.176. The SMILES string of the molecule is O=C(c1ccc(C=C2Oc3ccccc3N(Cc3ccc(Cl)cc3)C2=O)cc1)N1CC[NH+](Cc2ccccc2)CC1. The molecule has 0 aliphatic carbocycles.